The molecule has 2 rings (SSSR count). The van der Waals surface area contributed by atoms with Crippen molar-refractivity contribution in [3.63, 3.8) is 0 Å². The molecule has 17 heavy (non-hydrogen) atoms. The van der Waals surface area contributed by atoms with Gasteiger partial charge in [-0.25, -0.2) is 0 Å². The third kappa shape index (κ3) is 1.96. The van der Waals surface area contributed by atoms with Crippen molar-refractivity contribution < 1.29 is 9.84 Å². The minimum absolute atomic E-state index is 0.244. The fourth-order valence-electron chi connectivity index (χ4n) is 1.69. The summed E-state index contributed by atoms with van der Waals surface area (Å²) < 4.78 is 5.94. The van der Waals surface area contributed by atoms with E-state index in [1.165, 1.54) is 18.4 Å². The fraction of sp³-hybridized carbons (Fsp3) is 0.333. The molecule has 2 aromatic rings. The van der Waals surface area contributed by atoms with Crippen LogP contribution in [0.15, 0.2) is 6.07 Å². The molecule has 0 unspecified atom stereocenters. The van der Waals surface area contributed by atoms with Crippen molar-refractivity contribution in [1.29, 1.82) is 0 Å². The van der Waals surface area contributed by atoms with Crippen LogP contribution in [0.25, 0.3) is 10.1 Å². The van der Waals surface area contributed by atoms with Crippen molar-refractivity contribution in [3.8, 4) is 11.5 Å². The highest BCUT2D eigenvalue weighted by Crippen LogP contribution is 2.48. The highest BCUT2D eigenvalue weighted by Gasteiger charge is 2.20. The predicted molar refractivity (Wildman–Crippen MR) is 74.2 cm³/mol. The number of hydrogen-bond acceptors (Lipinski definition) is 3. The zero-order chi connectivity index (χ0) is 12.7. The lowest BCUT2D eigenvalue weighted by Gasteiger charge is -2.05. The van der Waals surface area contributed by atoms with Gasteiger partial charge in [0.1, 0.15) is 16.5 Å². The summed E-state index contributed by atoms with van der Waals surface area (Å²) in [5.74, 6) is 0.998. The molecule has 92 valence electrons. The maximum absolute atomic E-state index is 10.1. The van der Waals surface area contributed by atoms with E-state index in [2.05, 4.69) is 0 Å². The lowest BCUT2D eigenvalue weighted by molar-refractivity contribution is 0.415. The Morgan fingerprint density at radius 1 is 1.29 bits per heavy atom. The van der Waals surface area contributed by atoms with Gasteiger partial charge in [0.15, 0.2) is 0 Å². The summed E-state index contributed by atoms with van der Waals surface area (Å²) in [5, 5.41) is 11.7. The topological polar surface area (TPSA) is 29.5 Å². The molecule has 0 bridgehead atoms. The Bertz CT molecular complexity index is 576. The van der Waals surface area contributed by atoms with Crippen LogP contribution >= 0.6 is 34.5 Å². The molecule has 0 radical (unpaired) electrons. The molecule has 1 aromatic heterocycles. The second-order valence-electron chi connectivity index (χ2n) is 4.05. The Kier molecular flexibility index (Phi) is 3.43. The number of hydrogen-bond donors (Lipinski definition) is 1. The van der Waals surface area contributed by atoms with E-state index in [1.54, 1.807) is 6.07 Å². The van der Waals surface area contributed by atoms with Crippen LogP contribution in [-0.2, 0) is 0 Å². The van der Waals surface area contributed by atoms with Gasteiger partial charge < -0.3 is 9.84 Å². The number of benzene rings is 1. The second kappa shape index (κ2) is 4.56. The summed E-state index contributed by atoms with van der Waals surface area (Å²) in [5.41, 5.74) is 0. The van der Waals surface area contributed by atoms with Gasteiger partial charge in [-0.3, -0.25) is 0 Å². The number of ether oxygens (including phenoxy) is 1. The molecule has 1 aromatic carbocycles. The lowest BCUT2D eigenvalue weighted by atomic mass is 10.1. The molecule has 5 heteroatoms. The van der Waals surface area contributed by atoms with Gasteiger partial charge in [-0.1, -0.05) is 37.0 Å². The number of halogens is 2. The van der Waals surface area contributed by atoms with Gasteiger partial charge in [0.05, 0.1) is 21.7 Å². The van der Waals surface area contributed by atoms with Gasteiger partial charge in [-0.15, -0.1) is 11.3 Å². The van der Waals surface area contributed by atoms with E-state index in [-0.39, 0.29) is 11.7 Å². The number of methoxy groups -OCH3 is 1. The summed E-state index contributed by atoms with van der Waals surface area (Å²) in [6.45, 7) is 4.05. The third-order valence-electron chi connectivity index (χ3n) is 2.57. The first-order valence-electron chi connectivity index (χ1n) is 5.14. The number of rotatable bonds is 2. The molecule has 2 nitrogen and oxygen atoms in total. The second-order valence-corrected chi connectivity index (χ2v) is 5.86. The van der Waals surface area contributed by atoms with Gasteiger partial charge in [-0.05, 0) is 12.0 Å². The quantitative estimate of drug-likeness (QED) is 0.839. The molecule has 0 fully saturated rings. The van der Waals surface area contributed by atoms with E-state index >= 15 is 0 Å². The van der Waals surface area contributed by atoms with Crippen molar-refractivity contribution in [1.82, 2.24) is 0 Å². The largest absolute Gasteiger partial charge is 0.506 e. The minimum Gasteiger partial charge on any atom is -0.506 e. The Hall–Kier alpha value is -0.640. The Balaban J connectivity index is 2.83. The summed E-state index contributed by atoms with van der Waals surface area (Å²) >= 11 is 13.7. The van der Waals surface area contributed by atoms with Crippen molar-refractivity contribution in [3.05, 3.63) is 21.0 Å². The summed E-state index contributed by atoms with van der Waals surface area (Å²) in [4.78, 5) is 0.909. The zero-order valence-electron chi connectivity index (χ0n) is 9.67. The van der Waals surface area contributed by atoms with Gasteiger partial charge in [0, 0.05) is 5.39 Å². The van der Waals surface area contributed by atoms with E-state index in [0.717, 1.165) is 9.58 Å². The van der Waals surface area contributed by atoms with Gasteiger partial charge in [-0.2, -0.15) is 0 Å². The Morgan fingerprint density at radius 3 is 2.47 bits per heavy atom. The maximum Gasteiger partial charge on any atom is 0.139 e. The van der Waals surface area contributed by atoms with Crippen LogP contribution in [0.4, 0.5) is 0 Å². The summed E-state index contributed by atoms with van der Waals surface area (Å²) in [7, 11) is 1.52. The molecule has 1 heterocycles. The molecule has 0 atom stereocenters. The van der Waals surface area contributed by atoms with Crippen LogP contribution < -0.4 is 4.74 Å². The van der Waals surface area contributed by atoms with Gasteiger partial charge >= 0.3 is 0 Å². The van der Waals surface area contributed by atoms with E-state index in [4.69, 9.17) is 27.9 Å². The summed E-state index contributed by atoms with van der Waals surface area (Å²) in [6.07, 6.45) is 0. The fourth-order valence-corrected chi connectivity index (χ4v) is 3.40. The molecule has 1 N–H and O–H groups in total. The SMILES string of the molecule is COc1cc2c(O)c(C(C)C)sc2c(Cl)c1Cl. The normalized spacial score (nSPS) is 11.4. The minimum atomic E-state index is 0.244. The van der Waals surface area contributed by atoms with Crippen LogP contribution in [0.1, 0.15) is 24.6 Å². The first-order chi connectivity index (χ1) is 7.97. The Morgan fingerprint density at radius 2 is 1.94 bits per heavy atom. The standard InChI is InChI=1S/C12H12Cl2O2S/c1-5(2)11-10(15)6-4-7(16-3)8(13)9(14)12(6)17-11/h4-5,15H,1-3H3. The highest BCUT2D eigenvalue weighted by molar-refractivity contribution is 7.20. The van der Waals surface area contributed by atoms with Crippen LogP contribution in [0.5, 0.6) is 11.5 Å². The molecular weight excluding hydrogens is 279 g/mol. The van der Waals surface area contributed by atoms with Crippen LogP contribution in [0.3, 0.4) is 0 Å². The molecule has 0 aliphatic carbocycles. The average molecular weight is 291 g/mol. The molecule has 0 saturated carbocycles. The Labute approximate surface area is 114 Å². The number of fused-ring (bicyclic) bond motifs is 1. The van der Waals surface area contributed by atoms with Crippen molar-refractivity contribution in [2.24, 2.45) is 0 Å². The van der Waals surface area contributed by atoms with Crippen LogP contribution in [0, 0.1) is 0 Å². The third-order valence-corrected chi connectivity index (χ3v) is 5.05. The van der Waals surface area contributed by atoms with Crippen LogP contribution in [0.2, 0.25) is 10.0 Å². The van der Waals surface area contributed by atoms with E-state index < -0.39 is 0 Å². The van der Waals surface area contributed by atoms with E-state index in [9.17, 15) is 5.11 Å². The zero-order valence-corrected chi connectivity index (χ0v) is 12.0. The molecule has 0 amide bonds. The first kappa shape index (κ1) is 12.8. The van der Waals surface area contributed by atoms with Crippen LogP contribution in [-0.4, -0.2) is 12.2 Å². The van der Waals surface area contributed by atoms with Gasteiger partial charge in [0.2, 0.25) is 0 Å². The van der Waals surface area contributed by atoms with Crippen molar-refractivity contribution in [2.45, 2.75) is 19.8 Å². The first-order valence-corrected chi connectivity index (χ1v) is 6.72. The van der Waals surface area contributed by atoms with Gasteiger partial charge in [0.25, 0.3) is 0 Å². The maximum atomic E-state index is 10.1. The van der Waals surface area contributed by atoms with Crippen molar-refractivity contribution >= 4 is 44.6 Å². The highest BCUT2D eigenvalue weighted by atomic mass is 35.5. The average Bonchev–Trinajstić information content (AvgIpc) is 2.61. The number of thiophene rings is 1. The summed E-state index contributed by atoms with van der Waals surface area (Å²) in [6, 6.07) is 1.72. The lowest BCUT2D eigenvalue weighted by Crippen LogP contribution is -1.84. The molecule has 0 aliphatic heterocycles. The smallest absolute Gasteiger partial charge is 0.139 e. The van der Waals surface area contributed by atoms with E-state index in [1.807, 2.05) is 13.8 Å². The predicted octanol–water partition coefficient (Wildman–Crippen LogP) is 5.05. The van der Waals surface area contributed by atoms with Crippen molar-refractivity contribution in [2.75, 3.05) is 7.11 Å². The molecular formula is C12H12Cl2O2S. The molecule has 0 saturated heterocycles. The molecule has 0 spiro atoms. The number of aromatic hydroxyl groups is 1. The van der Waals surface area contributed by atoms with E-state index in [0.29, 0.717) is 21.2 Å². The molecule has 0 aliphatic rings. The monoisotopic (exact) mass is 290 g/mol.